The number of hydrogen-bond donors (Lipinski definition) is 2. The highest BCUT2D eigenvalue weighted by molar-refractivity contribution is 6.02. The summed E-state index contributed by atoms with van der Waals surface area (Å²) >= 11 is 0. The maximum Gasteiger partial charge on any atom is 0.493 e. The molecule has 2 aliphatic rings. The Bertz CT molecular complexity index is 1580. The molecule has 2 heterocycles. The number of anilines is 1. The van der Waals surface area contributed by atoms with Crippen LogP contribution in [0.2, 0.25) is 0 Å². The highest BCUT2D eigenvalue weighted by Gasteiger charge is 2.42. The summed E-state index contributed by atoms with van der Waals surface area (Å²) in [7, 11) is 0. The monoisotopic (exact) mass is 666 g/mol. The zero-order valence-corrected chi connectivity index (χ0v) is 27.1. The molecule has 12 heteroatoms. The smallest absolute Gasteiger partial charge is 0.488 e. The molecule has 1 saturated heterocycles. The molecule has 5 rings (SSSR count). The fourth-order valence-corrected chi connectivity index (χ4v) is 6.29. The minimum Gasteiger partial charge on any atom is -0.488 e. The van der Waals surface area contributed by atoms with Crippen molar-refractivity contribution < 1.29 is 37.1 Å². The topological polar surface area (TPSA) is 104 Å². The number of carbonyl (C=O) groups is 2. The van der Waals surface area contributed by atoms with Crippen LogP contribution in [-0.4, -0.2) is 54.0 Å². The number of unbranched alkanes of at least 4 members (excludes halogenated alkanes) is 2. The standard InChI is InChI=1S/C36H41F3N4O5/c1-24-12-11-13-25(2)42(24)20-9-4-10-21-43-29-16-7-8-17-31(29)47-32(34(43)44)28-22-27(33(40)41-48-35(45)36(37,38)39)18-19-30(28)46-23-26-14-5-3-6-15-26/h3,5-8,14-19,22,24-25,32H,4,9-13,20-21,23H2,1-2H3,(H2,40,41)/t24-,25+,32?. The number of halogens is 3. The lowest BCUT2D eigenvalue weighted by Gasteiger charge is -2.39. The van der Waals surface area contributed by atoms with Gasteiger partial charge in [0.05, 0.1) is 5.69 Å². The number of amides is 1. The number of benzene rings is 3. The SMILES string of the molecule is C[C@@H]1CCC[C@H](C)N1CCCCCN1C(=O)C(c2cc(C(=N)NOC(=O)C(F)(F)F)ccc2OCc2ccccc2)Oc2ccccc21. The lowest BCUT2D eigenvalue weighted by Crippen LogP contribution is -2.44. The third-order valence-corrected chi connectivity index (χ3v) is 8.86. The second-order valence-corrected chi connectivity index (χ2v) is 12.3. The van der Waals surface area contributed by atoms with E-state index in [4.69, 9.17) is 14.9 Å². The van der Waals surface area contributed by atoms with Gasteiger partial charge in [-0.05, 0) is 82.0 Å². The van der Waals surface area contributed by atoms with Gasteiger partial charge < -0.3 is 19.2 Å². The molecule has 1 amide bonds. The van der Waals surface area contributed by atoms with E-state index in [9.17, 15) is 22.8 Å². The van der Waals surface area contributed by atoms with Gasteiger partial charge in [-0.25, -0.2) is 10.3 Å². The largest absolute Gasteiger partial charge is 0.493 e. The van der Waals surface area contributed by atoms with Gasteiger partial charge in [0.25, 0.3) is 5.91 Å². The highest BCUT2D eigenvalue weighted by Crippen LogP contribution is 2.41. The van der Waals surface area contributed by atoms with E-state index in [-0.39, 0.29) is 23.6 Å². The van der Waals surface area contributed by atoms with Gasteiger partial charge in [-0.3, -0.25) is 15.1 Å². The first-order valence-electron chi connectivity index (χ1n) is 16.3. The Kier molecular flexibility index (Phi) is 11.3. The summed E-state index contributed by atoms with van der Waals surface area (Å²) in [5.74, 6) is -2.67. The molecule has 1 unspecified atom stereocenters. The summed E-state index contributed by atoms with van der Waals surface area (Å²) in [6.45, 7) is 6.23. The molecule has 3 aromatic carbocycles. The van der Waals surface area contributed by atoms with Crippen LogP contribution in [0.25, 0.3) is 0 Å². The fourth-order valence-electron chi connectivity index (χ4n) is 6.29. The van der Waals surface area contributed by atoms with Gasteiger partial charge in [-0.15, -0.1) is 0 Å². The molecule has 2 N–H and O–H groups in total. The molecule has 1 fully saturated rings. The van der Waals surface area contributed by atoms with E-state index in [0.29, 0.717) is 35.8 Å². The van der Waals surface area contributed by atoms with Gasteiger partial charge in [-0.1, -0.05) is 55.3 Å². The number of hydrogen-bond acceptors (Lipinski definition) is 7. The number of rotatable bonds is 11. The van der Waals surface area contributed by atoms with E-state index in [1.54, 1.807) is 16.4 Å². The second-order valence-electron chi connectivity index (χ2n) is 12.3. The number of piperidine rings is 1. The number of amidine groups is 1. The van der Waals surface area contributed by atoms with Crippen LogP contribution >= 0.6 is 0 Å². The Morgan fingerprint density at radius 3 is 2.38 bits per heavy atom. The molecule has 0 radical (unpaired) electrons. The molecule has 256 valence electrons. The number of carbonyl (C=O) groups excluding carboxylic acids is 2. The number of nitrogens with one attached hydrogen (secondary N) is 2. The number of hydroxylamine groups is 1. The first-order valence-corrected chi connectivity index (χ1v) is 16.3. The van der Waals surface area contributed by atoms with E-state index in [1.807, 2.05) is 48.5 Å². The van der Waals surface area contributed by atoms with E-state index < -0.39 is 24.1 Å². The quantitative estimate of drug-likeness (QED) is 0.0974. The summed E-state index contributed by atoms with van der Waals surface area (Å²) in [5.41, 5.74) is 3.59. The number of likely N-dealkylation sites (tertiary alicyclic amines) is 1. The van der Waals surface area contributed by atoms with E-state index in [1.165, 1.54) is 37.5 Å². The van der Waals surface area contributed by atoms with Gasteiger partial charge in [0.15, 0.2) is 5.84 Å². The van der Waals surface area contributed by atoms with Crippen molar-refractivity contribution in [1.29, 1.82) is 5.41 Å². The number of nitrogens with zero attached hydrogens (tertiary/aromatic N) is 2. The van der Waals surface area contributed by atoms with Crippen LogP contribution in [0.5, 0.6) is 11.5 Å². The van der Waals surface area contributed by atoms with Gasteiger partial charge in [0.2, 0.25) is 6.10 Å². The van der Waals surface area contributed by atoms with Crippen molar-refractivity contribution in [3.63, 3.8) is 0 Å². The van der Waals surface area contributed by atoms with Crippen molar-refractivity contribution in [1.82, 2.24) is 10.4 Å². The lowest BCUT2D eigenvalue weighted by molar-refractivity contribution is -0.203. The number of para-hydroxylation sites is 2. The van der Waals surface area contributed by atoms with E-state index in [2.05, 4.69) is 23.6 Å². The Morgan fingerprint density at radius 2 is 1.65 bits per heavy atom. The van der Waals surface area contributed by atoms with Crippen molar-refractivity contribution in [2.75, 3.05) is 18.0 Å². The van der Waals surface area contributed by atoms with Crippen LogP contribution in [0.1, 0.15) is 75.2 Å². The zero-order chi connectivity index (χ0) is 34.3. The Labute approximate surface area is 278 Å². The maximum absolute atomic E-state index is 14.2. The summed E-state index contributed by atoms with van der Waals surface area (Å²) < 4.78 is 50.4. The molecule has 0 saturated carbocycles. The van der Waals surface area contributed by atoms with Gasteiger partial charge in [-0.2, -0.15) is 13.2 Å². The lowest BCUT2D eigenvalue weighted by atomic mass is 9.97. The summed E-state index contributed by atoms with van der Waals surface area (Å²) in [6.07, 6.45) is 0.0285. The predicted molar refractivity (Wildman–Crippen MR) is 175 cm³/mol. The molecule has 0 aliphatic carbocycles. The van der Waals surface area contributed by atoms with Gasteiger partial charge >= 0.3 is 12.1 Å². The maximum atomic E-state index is 14.2. The normalized spacial score (nSPS) is 19.6. The molecule has 0 spiro atoms. The molecule has 0 bridgehead atoms. The van der Waals surface area contributed by atoms with Crippen molar-refractivity contribution in [3.05, 3.63) is 89.5 Å². The minimum atomic E-state index is -5.24. The van der Waals surface area contributed by atoms with Crippen molar-refractivity contribution in [2.45, 2.75) is 83.3 Å². The second kappa shape index (κ2) is 15.5. The molecule has 3 atom stereocenters. The number of ether oxygens (including phenoxy) is 2. The van der Waals surface area contributed by atoms with Crippen LogP contribution in [0.3, 0.4) is 0 Å². The van der Waals surface area contributed by atoms with Crippen molar-refractivity contribution in [2.24, 2.45) is 0 Å². The van der Waals surface area contributed by atoms with E-state index in [0.717, 1.165) is 31.4 Å². The van der Waals surface area contributed by atoms with Crippen LogP contribution < -0.4 is 19.9 Å². The van der Waals surface area contributed by atoms with Crippen LogP contribution in [0.4, 0.5) is 18.9 Å². The van der Waals surface area contributed by atoms with Gasteiger partial charge in [0.1, 0.15) is 18.1 Å². The summed E-state index contributed by atoms with van der Waals surface area (Å²) in [4.78, 5) is 33.8. The average molecular weight is 667 g/mol. The Morgan fingerprint density at radius 1 is 0.958 bits per heavy atom. The molecule has 3 aromatic rings. The summed E-state index contributed by atoms with van der Waals surface area (Å²) in [6, 6.07) is 22.1. The van der Waals surface area contributed by atoms with Crippen LogP contribution in [-0.2, 0) is 21.0 Å². The van der Waals surface area contributed by atoms with Crippen LogP contribution in [0, 0.1) is 5.41 Å². The molecular weight excluding hydrogens is 625 g/mol. The zero-order valence-electron chi connectivity index (χ0n) is 27.1. The number of alkyl halides is 3. The molecular formula is C36H41F3N4O5. The summed E-state index contributed by atoms with van der Waals surface area (Å²) in [5, 5.41) is 8.25. The van der Waals surface area contributed by atoms with E-state index >= 15 is 0 Å². The predicted octanol–water partition coefficient (Wildman–Crippen LogP) is 7.10. The molecule has 9 nitrogen and oxygen atoms in total. The van der Waals surface area contributed by atoms with Crippen molar-refractivity contribution in [3.8, 4) is 11.5 Å². The molecule has 0 aromatic heterocycles. The van der Waals surface area contributed by atoms with Crippen molar-refractivity contribution >= 4 is 23.4 Å². The Hall–Kier alpha value is -4.58. The molecule has 48 heavy (non-hydrogen) atoms. The third kappa shape index (κ3) is 8.46. The number of fused-ring (bicyclic) bond motifs is 1. The first kappa shape index (κ1) is 34.7. The fraction of sp³-hybridized carbons (Fsp3) is 0.417. The Balaban J connectivity index is 1.36. The average Bonchev–Trinajstić information content (AvgIpc) is 3.07. The third-order valence-electron chi connectivity index (χ3n) is 8.86. The van der Waals surface area contributed by atoms with Gasteiger partial charge in [0, 0.05) is 29.8 Å². The highest BCUT2D eigenvalue weighted by atomic mass is 19.4. The molecule has 2 aliphatic heterocycles. The first-order chi connectivity index (χ1) is 23.0. The van der Waals surface area contributed by atoms with Crippen LogP contribution in [0.15, 0.2) is 72.8 Å². The minimum absolute atomic E-state index is 0.0509.